The zero-order valence-electron chi connectivity index (χ0n) is 12.3. The van der Waals surface area contributed by atoms with Crippen LogP contribution in [0.25, 0.3) is 0 Å². The van der Waals surface area contributed by atoms with Crippen molar-refractivity contribution >= 4 is 5.78 Å². The quantitative estimate of drug-likeness (QED) is 0.846. The summed E-state index contributed by atoms with van der Waals surface area (Å²) in [7, 11) is 0. The molecule has 0 atom stereocenters. The van der Waals surface area contributed by atoms with Gasteiger partial charge in [-0.1, -0.05) is 6.07 Å². The van der Waals surface area contributed by atoms with E-state index in [1.807, 2.05) is 26.8 Å². The van der Waals surface area contributed by atoms with E-state index in [2.05, 4.69) is 6.07 Å². The lowest BCUT2D eigenvalue weighted by Crippen LogP contribution is -2.12. The van der Waals surface area contributed by atoms with Crippen LogP contribution in [0.2, 0.25) is 0 Å². The predicted molar refractivity (Wildman–Crippen MR) is 80.3 cm³/mol. The van der Waals surface area contributed by atoms with Crippen molar-refractivity contribution in [1.29, 1.82) is 0 Å². The van der Waals surface area contributed by atoms with E-state index in [9.17, 15) is 15.0 Å². The highest BCUT2D eigenvalue weighted by Gasteiger charge is 2.13. The molecule has 0 saturated carbocycles. The summed E-state index contributed by atoms with van der Waals surface area (Å²) in [6, 6.07) is 7.80. The molecule has 0 fully saturated rings. The van der Waals surface area contributed by atoms with E-state index in [4.69, 9.17) is 4.74 Å². The highest BCUT2D eigenvalue weighted by molar-refractivity contribution is 5.99. The molecule has 2 N–H and O–H groups in total. The maximum Gasteiger partial charge on any atom is 0.203 e. The zero-order valence-corrected chi connectivity index (χ0v) is 12.3. The number of carbonyl (C=O) groups excluding carboxylic acids is 1. The van der Waals surface area contributed by atoms with E-state index < -0.39 is 0 Å². The maximum absolute atomic E-state index is 12.1. The van der Waals surface area contributed by atoms with Gasteiger partial charge in [-0.25, -0.2) is 0 Å². The molecule has 0 unspecified atom stereocenters. The molecule has 0 radical (unpaired) electrons. The summed E-state index contributed by atoms with van der Waals surface area (Å²) < 4.78 is 5.58. The molecule has 0 aliphatic heterocycles. The molecule has 4 heteroatoms. The second kappa shape index (κ2) is 5.87. The van der Waals surface area contributed by atoms with Gasteiger partial charge in [-0.15, -0.1) is 0 Å². The standard InChI is InChI=1S/C17H18O4/c1-10-6-11(2)12(3)17(7-10)21-9-16(20)14-5-4-13(18)8-15(14)19/h4-8,18-19H,9H2,1-3H3. The van der Waals surface area contributed by atoms with Crippen molar-refractivity contribution in [2.45, 2.75) is 20.8 Å². The Balaban J connectivity index is 2.15. The Morgan fingerprint density at radius 1 is 1.10 bits per heavy atom. The lowest BCUT2D eigenvalue weighted by atomic mass is 10.1. The van der Waals surface area contributed by atoms with Crippen molar-refractivity contribution < 1.29 is 19.7 Å². The largest absolute Gasteiger partial charge is 0.508 e. The normalized spacial score (nSPS) is 10.4. The van der Waals surface area contributed by atoms with Crippen LogP contribution in [0.1, 0.15) is 27.0 Å². The van der Waals surface area contributed by atoms with Crippen LogP contribution in [0.5, 0.6) is 17.2 Å². The van der Waals surface area contributed by atoms with Gasteiger partial charge in [0.05, 0.1) is 5.56 Å². The number of phenols is 2. The van der Waals surface area contributed by atoms with Crippen LogP contribution < -0.4 is 4.74 Å². The summed E-state index contributed by atoms with van der Waals surface area (Å²) >= 11 is 0. The molecule has 2 aromatic carbocycles. The number of aromatic hydroxyl groups is 2. The molecule has 2 rings (SSSR count). The molecule has 110 valence electrons. The van der Waals surface area contributed by atoms with E-state index in [0.29, 0.717) is 5.75 Å². The highest BCUT2D eigenvalue weighted by Crippen LogP contribution is 2.25. The molecule has 21 heavy (non-hydrogen) atoms. The lowest BCUT2D eigenvalue weighted by Gasteiger charge is -2.12. The van der Waals surface area contributed by atoms with Crippen LogP contribution in [-0.4, -0.2) is 22.6 Å². The molecule has 0 aliphatic carbocycles. The highest BCUT2D eigenvalue weighted by atomic mass is 16.5. The molecule has 0 aliphatic rings. The average Bonchev–Trinajstić information content (AvgIpc) is 2.40. The fourth-order valence-corrected chi connectivity index (χ4v) is 2.13. The number of phenolic OH excluding ortho intramolecular Hbond substituents is 2. The summed E-state index contributed by atoms with van der Waals surface area (Å²) in [5, 5.41) is 18.9. The summed E-state index contributed by atoms with van der Waals surface area (Å²) in [5.41, 5.74) is 3.29. The van der Waals surface area contributed by atoms with E-state index in [0.717, 1.165) is 22.8 Å². The number of hydrogen-bond acceptors (Lipinski definition) is 4. The number of rotatable bonds is 4. The van der Waals surface area contributed by atoms with Gasteiger partial charge >= 0.3 is 0 Å². The number of ketones is 1. The average molecular weight is 286 g/mol. The van der Waals surface area contributed by atoms with E-state index >= 15 is 0 Å². The Labute approximate surface area is 123 Å². The first-order chi connectivity index (χ1) is 9.88. The summed E-state index contributed by atoms with van der Waals surface area (Å²) in [4.78, 5) is 12.1. The molecule has 0 bridgehead atoms. The van der Waals surface area contributed by atoms with E-state index in [1.54, 1.807) is 0 Å². The van der Waals surface area contributed by atoms with Gasteiger partial charge in [0.15, 0.2) is 6.61 Å². The van der Waals surface area contributed by atoms with Gasteiger partial charge < -0.3 is 14.9 Å². The second-order valence-corrected chi connectivity index (χ2v) is 5.12. The summed E-state index contributed by atoms with van der Waals surface area (Å²) in [6.45, 7) is 5.73. The molecular weight excluding hydrogens is 268 g/mol. The third kappa shape index (κ3) is 3.34. The van der Waals surface area contributed by atoms with Crippen LogP contribution in [0.4, 0.5) is 0 Å². The van der Waals surface area contributed by atoms with Crippen molar-refractivity contribution in [2.24, 2.45) is 0 Å². The Hall–Kier alpha value is -2.49. The minimum Gasteiger partial charge on any atom is -0.508 e. The van der Waals surface area contributed by atoms with Crippen molar-refractivity contribution in [1.82, 2.24) is 0 Å². The fraction of sp³-hybridized carbons (Fsp3) is 0.235. The van der Waals surface area contributed by atoms with Gasteiger partial charge in [0.25, 0.3) is 0 Å². The van der Waals surface area contributed by atoms with Crippen molar-refractivity contribution in [3.63, 3.8) is 0 Å². The monoisotopic (exact) mass is 286 g/mol. The Morgan fingerprint density at radius 3 is 2.48 bits per heavy atom. The zero-order chi connectivity index (χ0) is 15.6. The second-order valence-electron chi connectivity index (χ2n) is 5.12. The Bertz CT molecular complexity index is 689. The van der Waals surface area contributed by atoms with Crippen LogP contribution in [0.15, 0.2) is 30.3 Å². The molecule has 0 amide bonds. The predicted octanol–water partition coefficient (Wildman–Crippen LogP) is 3.28. The number of hydrogen-bond donors (Lipinski definition) is 2. The fourth-order valence-electron chi connectivity index (χ4n) is 2.13. The first-order valence-electron chi connectivity index (χ1n) is 6.64. The molecule has 0 aromatic heterocycles. The number of Topliss-reactive ketones (excluding diaryl/α,β-unsaturated/α-hetero) is 1. The van der Waals surface area contributed by atoms with Crippen LogP contribution in [0, 0.1) is 20.8 Å². The van der Waals surface area contributed by atoms with Crippen LogP contribution in [0.3, 0.4) is 0 Å². The van der Waals surface area contributed by atoms with Crippen molar-refractivity contribution in [3.8, 4) is 17.2 Å². The first kappa shape index (κ1) is 14.9. The molecule has 4 nitrogen and oxygen atoms in total. The molecule has 0 heterocycles. The minimum atomic E-state index is -0.342. The van der Waals surface area contributed by atoms with Gasteiger partial charge in [-0.2, -0.15) is 0 Å². The van der Waals surface area contributed by atoms with Gasteiger partial charge in [0.2, 0.25) is 5.78 Å². The summed E-state index contributed by atoms with van der Waals surface area (Å²) in [6.07, 6.45) is 0. The SMILES string of the molecule is Cc1cc(C)c(C)c(OCC(=O)c2ccc(O)cc2O)c1. The first-order valence-corrected chi connectivity index (χ1v) is 6.64. The van der Waals surface area contributed by atoms with E-state index in [-0.39, 0.29) is 29.5 Å². The lowest BCUT2D eigenvalue weighted by molar-refractivity contribution is 0.0918. The maximum atomic E-state index is 12.1. The molecular formula is C17H18O4. The number of aryl methyl sites for hydroxylation is 2. The van der Waals surface area contributed by atoms with E-state index in [1.165, 1.54) is 12.1 Å². The Morgan fingerprint density at radius 2 is 1.81 bits per heavy atom. The van der Waals surface area contributed by atoms with Crippen LogP contribution >= 0.6 is 0 Å². The smallest absolute Gasteiger partial charge is 0.203 e. The van der Waals surface area contributed by atoms with Gasteiger partial charge in [-0.3, -0.25) is 4.79 Å². The van der Waals surface area contributed by atoms with Gasteiger partial charge in [-0.05, 0) is 55.7 Å². The topological polar surface area (TPSA) is 66.8 Å². The molecule has 0 spiro atoms. The van der Waals surface area contributed by atoms with Crippen molar-refractivity contribution in [3.05, 3.63) is 52.6 Å². The number of benzene rings is 2. The van der Waals surface area contributed by atoms with Gasteiger partial charge in [0, 0.05) is 6.07 Å². The Kier molecular flexibility index (Phi) is 4.17. The van der Waals surface area contributed by atoms with Crippen LogP contribution in [-0.2, 0) is 0 Å². The van der Waals surface area contributed by atoms with Crippen molar-refractivity contribution in [2.75, 3.05) is 6.61 Å². The molecule has 0 saturated heterocycles. The number of carbonyl (C=O) groups is 1. The van der Waals surface area contributed by atoms with Gasteiger partial charge in [0.1, 0.15) is 17.2 Å². The minimum absolute atomic E-state index is 0.0879. The third-order valence-electron chi connectivity index (χ3n) is 3.40. The summed E-state index contributed by atoms with van der Waals surface area (Å²) in [5.74, 6) is -0.0129. The molecule has 2 aromatic rings. The number of ether oxygens (including phenoxy) is 1. The third-order valence-corrected chi connectivity index (χ3v) is 3.40.